The van der Waals surface area contributed by atoms with Crippen molar-refractivity contribution < 1.29 is 13.5 Å². The number of piperidine rings is 1. The molecule has 1 aromatic rings. The second-order valence-corrected chi connectivity index (χ2v) is 6.14. The molecule has 1 aromatic carbocycles. The van der Waals surface area contributed by atoms with Crippen LogP contribution in [0.2, 0.25) is 0 Å². The summed E-state index contributed by atoms with van der Waals surface area (Å²) in [6.45, 7) is 5.44. The zero-order chi connectivity index (χ0) is 15.4. The third-order valence-electron chi connectivity index (χ3n) is 4.63. The molecule has 0 aliphatic carbocycles. The summed E-state index contributed by atoms with van der Waals surface area (Å²) in [7, 11) is 0. The Balaban J connectivity index is 1.66. The fourth-order valence-corrected chi connectivity index (χ4v) is 3.29. The fraction of sp³-hybridized carbons (Fsp3) is 0.647. The molecule has 0 spiro atoms. The van der Waals surface area contributed by atoms with E-state index in [1.807, 2.05) is 4.90 Å². The van der Waals surface area contributed by atoms with E-state index in [0.29, 0.717) is 38.4 Å². The third kappa shape index (κ3) is 3.76. The van der Waals surface area contributed by atoms with Crippen LogP contribution in [0.1, 0.15) is 24.8 Å². The van der Waals surface area contributed by atoms with Crippen molar-refractivity contribution >= 4 is 5.69 Å². The maximum absolute atomic E-state index is 14.3. The number of halogens is 2. The van der Waals surface area contributed by atoms with Crippen molar-refractivity contribution in [2.24, 2.45) is 0 Å². The number of likely N-dealkylation sites (tertiary alicyclic amines) is 1. The van der Waals surface area contributed by atoms with E-state index < -0.39 is 11.6 Å². The monoisotopic (exact) mass is 310 g/mol. The number of morpholine rings is 1. The predicted molar refractivity (Wildman–Crippen MR) is 83.4 cm³/mol. The van der Waals surface area contributed by atoms with Crippen molar-refractivity contribution in [2.75, 3.05) is 50.8 Å². The summed E-state index contributed by atoms with van der Waals surface area (Å²) in [6, 6.07) is 2.94. The smallest absolute Gasteiger partial charge is 0.131 e. The molecule has 2 aliphatic heterocycles. The van der Waals surface area contributed by atoms with Crippen LogP contribution >= 0.6 is 0 Å². The largest absolute Gasteiger partial charge is 0.378 e. The molecule has 22 heavy (non-hydrogen) atoms. The fourth-order valence-electron chi connectivity index (χ4n) is 3.29. The quantitative estimate of drug-likeness (QED) is 0.850. The van der Waals surface area contributed by atoms with Crippen LogP contribution in [-0.2, 0) is 11.2 Å². The Morgan fingerprint density at radius 2 is 1.55 bits per heavy atom. The summed E-state index contributed by atoms with van der Waals surface area (Å²) < 4.78 is 33.9. The van der Waals surface area contributed by atoms with Gasteiger partial charge in [-0.05, 0) is 44.5 Å². The van der Waals surface area contributed by atoms with Crippen molar-refractivity contribution in [1.29, 1.82) is 0 Å². The third-order valence-corrected chi connectivity index (χ3v) is 4.63. The van der Waals surface area contributed by atoms with Gasteiger partial charge >= 0.3 is 0 Å². The highest BCUT2D eigenvalue weighted by Gasteiger charge is 2.18. The molecule has 2 heterocycles. The van der Waals surface area contributed by atoms with E-state index in [2.05, 4.69) is 4.90 Å². The Labute approximate surface area is 130 Å². The Bertz CT molecular complexity index is 474. The summed E-state index contributed by atoms with van der Waals surface area (Å²) >= 11 is 0. The molecule has 0 atom stereocenters. The van der Waals surface area contributed by atoms with E-state index in [4.69, 9.17) is 4.74 Å². The normalized spacial score (nSPS) is 20.4. The first-order valence-corrected chi connectivity index (χ1v) is 8.27. The molecule has 0 amide bonds. The second kappa shape index (κ2) is 7.38. The molecule has 122 valence electrons. The molecule has 2 aliphatic rings. The van der Waals surface area contributed by atoms with Gasteiger partial charge in [-0.1, -0.05) is 6.42 Å². The molecule has 0 N–H and O–H groups in total. The summed E-state index contributed by atoms with van der Waals surface area (Å²) in [6.07, 6.45) is 4.11. The molecule has 0 aromatic heterocycles. The first-order chi connectivity index (χ1) is 10.7. The van der Waals surface area contributed by atoms with Crippen molar-refractivity contribution in [3.05, 3.63) is 29.3 Å². The molecular formula is C17H24F2N2O. The highest BCUT2D eigenvalue weighted by Crippen LogP contribution is 2.24. The SMILES string of the molecule is Fc1cc(N2CCOCC2)cc(F)c1CCN1CCCCC1. The van der Waals surface area contributed by atoms with E-state index in [1.165, 1.54) is 31.4 Å². The topological polar surface area (TPSA) is 15.7 Å². The van der Waals surface area contributed by atoms with Crippen molar-refractivity contribution in [3.8, 4) is 0 Å². The van der Waals surface area contributed by atoms with Crippen LogP contribution in [0.5, 0.6) is 0 Å². The van der Waals surface area contributed by atoms with Gasteiger partial charge in [-0.25, -0.2) is 8.78 Å². The summed E-state index contributed by atoms with van der Waals surface area (Å²) in [4.78, 5) is 4.28. The van der Waals surface area contributed by atoms with Gasteiger partial charge in [0, 0.05) is 30.9 Å². The Morgan fingerprint density at radius 3 is 2.18 bits per heavy atom. The molecule has 0 unspecified atom stereocenters. The first-order valence-electron chi connectivity index (χ1n) is 8.27. The molecule has 0 saturated carbocycles. The van der Waals surface area contributed by atoms with Crippen LogP contribution in [-0.4, -0.2) is 50.8 Å². The lowest BCUT2D eigenvalue weighted by atomic mass is 10.1. The maximum atomic E-state index is 14.3. The van der Waals surface area contributed by atoms with Gasteiger partial charge in [0.1, 0.15) is 11.6 Å². The van der Waals surface area contributed by atoms with E-state index in [-0.39, 0.29) is 5.56 Å². The number of nitrogens with zero attached hydrogens (tertiary/aromatic N) is 2. The maximum Gasteiger partial charge on any atom is 0.131 e. The van der Waals surface area contributed by atoms with Gasteiger partial charge in [-0.15, -0.1) is 0 Å². The molecule has 3 nitrogen and oxygen atoms in total. The van der Waals surface area contributed by atoms with Crippen LogP contribution in [0.15, 0.2) is 12.1 Å². The highest BCUT2D eigenvalue weighted by molar-refractivity contribution is 5.49. The Kier molecular flexibility index (Phi) is 5.26. The predicted octanol–water partition coefficient (Wildman–Crippen LogP) is 2.83. The van der Waals surface area contributed by atoms with E-state index >= 15 is 0 Å². The minimum absolute atomic E-state index is 0.225. The van der Waals surface area contributed by atoms with E-state index in [1.54, 1.807) is 0 Å². The van der Waals surface area contributed by atoms with E-state index in [0.717, 1.165) is 19.6 Å². The van der Waals surface area contributed by atoms with Crippen LogP contribution in [0, 0.1) is 11.6 Å². The minimum Gasteiger partial charge on any atom is -0.378 e. The first kappa shape index (κ1) is 15.7. The number of rotatable bonds is 4. The molecule has 2 saturated heterocycles. The zero-order valence-electron chi connectivity index (χ0n) is 13.0. The highest BCUT2D eigenvalue weighted by atomic mass is 19.1. The zero-order valence-corrected chi connectivity index (χ0v) is 13.0. The van der Waals surface area contributed by atoms with E-state index in [9.17, 15) is 8.78 Å². The number of hydrogen-bond acceptors (Lipinski definition) is 3. The number of hydrogen-bond donors (Lipinski definition) is 0. The average molecular weight is 310 g/mol. The van der Waals surface area contributed by atoms with Gasteiger partial charge in [0.2, 0.25) is 0 Å². The van der Waals surface area contributed by atoms with Crippen LogP contribution in [0.25, 0.3) is 0 Å². The van der Waals surface area contributed by atoms with Crippen molar-refractivity contribution in [2.45, 2.75) is 25.7 Å². The minimum atomic E-state index is -0.418. The lowest BCUT2D eigenvalue weighted by Gasteiger charge is -2.29. The Hall–Kier alpha value is -1.20. The molecule has 0 radical (unpaired) electrons. The van der Waals surface area contributed by atoms with Crippen LogP contribution in [0.4, 0.5) is 14.5 Å². The van der Waals surface area contributed by atoms with Gasteiger partial charge in [0.05, 0.1) is 13.2 Å². The van der Waals surface area contributed by atoms with Gasteiger partial charge in [0.15, 0.2) is 0 Å². The molecule has 5 heteroatoms. The van der Waals surface area contributed by atoms with Gasteiger partial charge in [0.25, 0.3) is 0 Å². The molecule has 3 rings (SSSR count). The lowest BCUT2D eigenvalue weighted by Crippen LogP contribution is -2.36. The standard InChI is InChI=1S/C17H24F2N2O/c18-16-12-14(21-8-10-22-11-9-21)13-17(19)15(16)4-7-20-5-2-1-3-6-20/h12-13H,1-11H2. The Morgan fingerprint density at radius 1 is 0.909 bits per heavy atom. The van der Waals surface area contributed by atoms with Crippen molar-refractivity contribution in [1.82, 2.24) is 4.90 Å². The summed E-state index contributed by atoms with van der Waals surface area (Å²) in [5, 5.41) is 0. The number of anilines is 1. The molecule has 2 fully saturated rings. The summed E-state index contributed by atoms with van der Waals surface area (Å²) in [5.74, 6) is -0.836. The second-order valence-electron chi connectivity index (χ2n) is 6.14. The van der Waals surface area contributed by atoms with Gasteiger partial charge in [-0.2, -0.15) is 0 Å². The van der Waals surface area contributed by atoms with Crippen molar-refractivity contribution in [3.63, 3.8) is 0 Å². The molecular weight excluding hydrogens is 286 g/mol. The van der Waals surface area contributed by atoms with Crippen LogP contribution in [0.3, 0.4) is 0 Å². The molecule has 0 bridgehead atoms. The number of ether oxygens (including phenoxy) is 1. The number of benzene rings is 1. The average Bonchev–Trinajstić information content (AvgIpc) is 2.56. The van der Waals surface area contributed by atoms with Crippen LogP contribution < -0.4 is 4.90 Å². The summed E-state index contributed by atoms with van der Waals surface area (Å²) in [5.41, 5.74) is 0.850. The van der Waals surface area contributed by atoms with Gasteiger partial charge < -0.3 is 14.5 Å². The van der Waals surface area contributed by atoms with Gasteiger partial charge in [-0.3, -0.25) is 0 Å². The lowest BCUT2D eigenvalue weighted by molar-refractivity contribution is 0.122.